The molecule has 0 radical (unpaired) electrons. The molecule has 1 aromatic carbocycles. The molecule has 9 nitrogen and oxygen atoms in total. The highest BCUT2D eigenvalue weighted by Crippen LogP contribution is 2.29. The molecule has 0 spiro atoms. The fraction of sp³-hybridized carbons (Fsp3) is 0.444. The number of rotatable bonds is 6. The van der Waals surface area contributed by atoms with E-state index in [2.05, 4.69) is 15.5 Å². The first-order valence-electron chi connectivity index (χ1n) is 9.14. The number of carbonyl (C=O) groups is 2. The van der Waals surface area contributed by atoms with Gasteiger partial charge in [-0.1, -0.05) is 30.3 Å². The highest BCUT2D eigenvalue weighted by Gasteiger charge is 2.40. The second-order valence-corrected chi connectivity index (χ2v) is 6.66. The average Bonchev–Trinajstić information content (AvgIpc) is 3.16. The maximum Gasteiger partial charge on any atom is 0.451 e. The number of halogens is 3. The van der Waals surface area contributed by atoms with Gasteiger partial charge in [0.2, 0.25) is 11.7 Å². The van der Waals surface area contributed by atoms with Crippen molar-refractivity contribution in [3.63, 3.8) is 0 Å². The number of alkyl halides is 3. The summed E-state index contributed by atoms with van der Waals surface area (Å²) >= 11 is 0. The molecule has 2 aromatic rings. The molecule has 0 saturated carbocycles. The lowest BCUT2D eigenvalue weighted by molar-refractivity contribution is -0.148. The molecule has 0 aliphatic carbocycles. The van der Waals surface area contributed by atoms with Crippen LogP contribution in [-0.4, -0.2) is 56.0 Å². The average molecular weight is 427 g/mol. The van der Waals surface area contributed by atoms with Crippen LogP contribution in [0.2, 0.25) is 0 Å². The van der Waals surface area contributed by atoms with Crippen molar-refractivity contribution in [2.75, 3.05) is 13.2 Å². The maximum atomic E-state index is 12.9. The van der Waals surface area contributed by atoms with Crippen molar-refractivity contribution in [2.24, 2.45) is 0 Å². The Labute approximate surface area is 169 Å². The van der Waals surface area contributed by atoms with E-state index < -0.39 is 36.7 Å². The summed E-state index contributed by atoms with van der Waals surface area (Å²) in [6.45, 7) is -0.599. The van der Waals surface area contributed by atoms with Crippen LogP contribution < -0.4 is 5.32 Å². The van der Waals surface area contributed by atoms with Crippen molar-refractivity contribution in [3.05, 3.63) is 47.5 Å². The van der Waals surface area contributed by atoms with E-state index in [4.69, 9.17) is 4.74 Å². The van der Waals surface area contributed by atoms with E-state index in [0.29, 0.717) is 0 Å². The molecule has 2 N–H and O–H groups in total. The van der Waals surface area contributed by atoms with Crippen LogP contribution in [0.25, 0.3) is 0 Å². The summed E-state index contributed by atoms with van der Waals surface area (Å²) in [7, 11) is 0. The van der Waals surface area contributed by atoms with Gasteiger partial charge in [0, 0.05) is 19.6 Å². The van der Waals surface area contributed by atoms with E-state index in [-0.39, 0.29) is 38.4 Å². The normalized spacial score (nSPS) is 14.7. The summed E-state index contributed by atoms with van der Waals surface area (Å²) in [5, 5.41) is 18.6. The van der Waals surface area contributed by atoms with Gasteiger partial charge in [-0.15, -0.1) is 10.2 Å². The Kier molecular flexibility index (Phi) is 6.55. The van der Waals surface area contributed by atoms with Gasteiger partial charge in [0.05, 0.1) is 19.6 Å². The number of aliphatic hydroxyl groups is 1. The molecule has 2 amide bonds. The van der Waals surface area contributed by atoms with Crippen LogP contribution in [0, 0.1) is 0 Å². The smallest absolute Gasteiger partial charge is 0.443 e. The topological polar surface area (TPSA) is 110 Å². The third-order valence-electron chi connectivity index (χ3n) is 4.52. The molecule has 1 atom stereocenters. The first kappa shape index (κ1) is 21.6. The number of aromatic nitrogens is 3. The first-order valence-corrected chi connectivity index (χ1v) is 9.14. The van der Waals surface area contributed by atoms with E-state index in [9.17, 15) is 27.9 Å². The summed E-state index contributed by atoms with van der Waals surface area (Å²) in [4.78, 5) is 25.7. The summed E-state index contributed by atoms with van der Waals surface area (Å²) < 4.78 is 44.7. The Morgan fingerprint density at radius 2 is 1.93 bits per heavy atom. The van der Waals surface area contributed by atoms with Crippen molar-refractivity contribution in [1.82, 2.24) is 25.0 Å². The SMILES string of the molecule is O=C(NCc1ccccc1)OC(CO)CC(=O)N1CCn2c(nnc2C(F)(F)F)C1. The largest absolute Gasteiger partial charge is 0.451 e. The van der Waals surface area contributed by atoms with E-state index in [0.717, 1.165) is 10.1 Å². The Bertz CT molecular complexity index is 888. The van der Waals surface area contributed by atoms with Crippen LogP contribution >= 0.6 is 0 Å². The fourth-order valence-corrected chi connectivity index (χ4v) is 3.01. The molecule has 3 rings (SSSR count). The second kappa shape index (κ2) is 9.11. The highest BCUT2D eigenvalue weighted by molar-refractivity contribution is 5.77. The summed E-state index contributed by atoms with van der Waals surface area (Å²) in [6.07, 6.45) is -6.81. The van der Waals surface area contributed by atoms with Crippen LogP contribution in [0.15, 0.2) is 30.3 Å². The predicted octanol–water partition coefficient (Wildman–Crippen LogP) is 1.32. The van der Waals surface area contributed by atoms with Crippen LogP contribution in [0.4, 0.5) is 18.0 Å². The van der Waals surface area contributed by atoms with Gasteiger partial charge in [0.15, 0.2) is 5.82 Å². The molecule has 0 saturated heterocycles. The molecule has 1 aromatic heterocycles. The lowest BCUT2D eigenvalue weighted by Gasteiger charge is -2.29. The van der Waals surface area contributed by atoms with Gasteiger partial charge in [-0.25, -0.2) is 4.79 Å². The molecule has 1 aliphatic rings. The van der Waals surface area contributed by atoms with Crippen LogP contribution in [0.5, 0.6) is 0 Å². The molecule has 1 unspecified atom stereocenters. The summed E-state index contributed by atoms with van der Waals surface area (Å²) in [5.74, 6) is -1.56. The number of nitrogens with zero attached hydrogens (tertiary/aromatic N) is 4. The van der Waals surface area contributed by atoms with Crippen molar-refractivity contribution in [2.45, 2.75) is 38.3 Å². The van der Waals surface area contributed by atoms with Gasteiger partial charge in [0.25, 0.3) is 0 Å². The first-order chi connectivity index (χ1) is 14.3. The minimum Gasteiger partial charge on any atom is -0.443 e. The third kappa shape index (κ3) is 5.26. The molecule has 0 fully saturated rings. The number of ether oxygens (including phenoxy) is 1. The standard InChI is InChI=1S/C18H20F3N5O4/c19-18(20,21)16-24-23-14-10-25(6-7-26(14)16)15(28)8-13(11-27)30-17(29)22-9-12-4-2-1-3-5-12/h1-5,13,27H,6-11H2,(H,22,29). The van der Waals surface area contributed by atoms with Gasteiger partial charge >= 0.3 is 12.3 Å². The van der Waals surface area contributed by atoms with Crippen LogP contribution in [0.1, 0.15) is 23.6 Å². The van der Waals surface area contributed by atoms with Crippen molar-refractivity contribution >= 4 is 12.0 Å². The Morgan fingerprint density at radius 1 is 1.20 bits per heavy atom. The fourth-order valence-electron chi connectivity index (χ4n) is 3.01. The van der Waals surface area contributed by atoms with E-state index in [1.165, 1.54) is 4.90 Å². The molecule has 12 heteroatoms. The van der Waals surface area contributed by atoms with E-state index in [1.807, 2.05) is 30.3 Å². The third-order valence-corrected chi connectivity index (χ3v) is 4.52. The zero-order chi connectivity index (χ0) is 21.7. The monoisotopic (exact) mass is 427 g/mol. The molecular weight excluding hydrogens is 407 g/mol. The van der Waals surface area contributed by atoms with Crippen LogP contribution in [-0.2, 0) is 35.3 Å². The van der Waals surface area contributed by atoms with Gasteiger partial charge in [-0.3, -0.25) is 4.79 Å². The van der Waals surface area contributed by atoms with Gasteiger partial charge < -0.3 is 24.6 Å². The maximum absolute atomic E-state index is 12.9. The number of hydrogen-bond acceptors (Lipinski definition) is 6. The van der Waals surface area contributed by atoms with E-state index in [1.54, 1.807) is 0 Å². The summed E-state index contributed by atoms with van der Waals surface area (Å²) in [6, 6.07) is 9.09. The van der Waals surface area contributed by atoms with Crippen LogP contribution in [0.3, 0.4) is 0 Å². The number of hydrogen-bond donors (Lipinski definition) is 2. The zero-order valence-electron chi connectivity index (χ0n) is 15.8. The number of alkyl carbamates (subject to hydrolysis) is 1. The lowest BCUT2D eigenvalue weighted by atomic mass is 10.2. The molecular formula is C18H20F3N5O4. The van der Waals surface area contributed by atoms with Gasteiger partial charge in [0.1, 0.15) is 6.10 Å². The Balaban J connectivity index is 1.51. The number of benzene rings is 1. The van der Waals surface area contributed by atoms with Gasteiger partial charge in [-0.05, 0) is 5.56 Å². The predicted molar refractivity (Wildman–Crippen MR) is 95.7 cm³/mol. The Hall–Kier alpha value is -3.15. The van der Waals surface area contributed by atoms with Crippen molar-refractivity contribution in [3.8, 4) is 0 Å². The molecule has 1 aliphatic heterocycles. The molecule has 2 heterocycles. The lowest BCUT2D eigenvalue weighted by Crippen LogP contribution is -2.42. The number of fused-ring (bicyclic) bond motifs is 1. The van der Waals surface area contributed by atoms with Gasteiger partial charge in [-0.2, -0.15) is 13.2 Å². The van der Waals surface area contributed by atoms with Crippen molar-refractivity contribution in [1.29, 1.82) is 0 Å². The molecule has 30 heavy (non-hydrogen) atoms. The minimum atomic E-state index is -4.62. The van der Waals surface area contributed by atoms with E-state index >= 15 is 0 Å². The number of carbonyl (C=O) groups excluding carboxylic acids is 2. The second-order valence-electron chi connectivity index (χ2n) is 6.66. The molecule has 0 bridgehead atoms. The number of amides is 2. The highest BCUT2D eigenvalue weighted by atomic mass is 19.4. The zero-order valence-corrected chi connectivity index (χ0v) is 15.8. The van der Waals surface area contributed by atoms with Crippen molar-refractivity contribution < 1.29 is 32.6 Å². The quantitative estimate of drug-likeness (QED) is 0.720. The number of aliphatic hydroxyl groups excluding tert-OH is 1. The minimum absolute atomic E-state index is 0.0176. The Morgan fingerprint density at radius 3 is 2.60 bits per heavy atom. The summed E-state index contributed by atoms with van der Waals surface area (Å²) in [5.41, 5.74) is 0.849. The number of nitrogens with one attached hydrogen (secondary N) is 1. The molecule has 162 valence electrons.